The van der Waals surface area contributed by atoms with Crippen LogP contribution < -0.4 is 10.0 Å². The maximum atomic E-state index is 12.7. The first-order valence-corrected chi connectivity index (χ1v) is 8.47. The number of aliphatic carboxylic acids is 1. The third kappa shape index (κ3) is 2.89. The van der Waals surface area contributed by atoms with E-state index in [-0.39, 0.29) is 18.2 Å². The van der Waals surface area contributed by atoms with E-state index in [2.05, 4.69) is 0 Å². The number of hydrogen-bond acceptors (Lipinski definition) is 5. The van der Waals surface area contributed by atoms with Crippen LogP contribution in [0.25, 0.3) is 0 Å². The van der Waals surface area contributed by atoms with E-state index < -0.39 is 21.9 Å². The van der Waals surface area contributed by atoms with Crippen molar-refractivity contribution < 1.29 is 19.5 Å². The molecule has 2 aliphatic rings. The smallest absolute Gasteiger partial charge is 0.247 e. The first kappa shape index (κ1) is 16.5. The number of carbonyl (C=O) groups is 3. The molecule has 24 heavy (non-hydrogen) atoms. The number of thioether (sulfide) groups is 1. The normalized spacial score (nSPS) is 29.3. The molecule has 0 spiro atoms. The Morgan fingerprint density at radius 3 is 2.62 bits per heavy atom. The molecule has 3 unspecified atom stereocenters. The number of benzene rings is 1. The van der Waals surface area contributed by atoms with E-state index in [0.29, 0.717) is 5.69 Å². The zero-order valence-electron chi connectivity index (χ0n) is 13.0. The van der Waals surface area contributed by atoms with Gasteiger partial charge in [0.1, 0.15) is 0 Å². The Balaban J connectivity index is 1.83. The monoisotopic (exact) mass is 342 g/mol. The Labute approximate surface area is 144 Å². The number of anilines is 1. The summed E-state index contributed by atoms with van der Waals surface area (Å²) in [6.45, 7) is 1.75. The molecule has 3 atom stereocenters. The molecule has 2 amide bonds. The van der Waals surface area contributed by atoms with Crippen molar-refractivity contribution in [2.75, 3.05) is 4.90 Å². The van der Waals surface area contributed by atoms with Crippen LogP contribution in [0.5, 0.6) is 0 Å². The van der Waals surface area contributed by atoms with Crippen molar-refractivity contribution >= 4 is 35.2 Å². The van der Waals surface area contributed by atoms with Crippen LogP contribution in [0.3, 0.4) is 0 Å². The van der Waals surface area contributed by atoms with Crippen molar-refractivity contribution in [3.63, 3.8) is 0 Å². The molecule has 0 N–H and O–H groups in total. The molecule has 0 aromatic heterocycles. The lowest BCUT2D eigenvalue weighted by atomic mass is 9.89. The number of carboxylic acid groups (broad SMARTS) is 1. The molecular weight excluding hydrogens is 326 g/mol. The highest BCUT2D eigenvalue weighted by Gasteiger charge is 2.45. The largest absolute Gasteiger partial charge is 0.549 e. The van der Waals surface area contributed by atoms with Crippen LogP contribution >= 0.6 is 11.8 Å². The first-order chi connectivity index (χ1) is 11.4. The Kier molecular flexibility index (Phi) is 4.32. The number of imide groups is 1. The number of hydrogen-bond donors (Lipinski definition) is 0. The van der Waals surface area contributed by atoms with Crippen molar-refractivity contribution in [1.29, 1.82) is 0 Å². The zero-order valence-corrected chi connectivity index (χ0v) is 13.9. The van der Waals surface area contributed by atoms with E-state index in [0.717, 1.165) is 0 Å². The van der Waals surface area contributed by atoms with Gasteiger partial charge in [0.15, 0.2) is 0 Å². The van der Waals surface area contributed by atoms with Gasteiger partial charge in [-0.2, -0.15) is 0 Å². The number of nitrogens with zero attached hydrogens (tertiary/aromatic N) is 1. The Morgan fingerprint density at radius 1 is 1.25 bits per heavy atom. The molecule has 1 aliphatic heterocycles. The van der Waals surface area contributed by atoms with Crippen molar-refractivity contribution in [3.8, 4) is 0 Å². The first-order valence-electron chi connectivity index (χ1n) is 7.59. The maximum absolute atomic E-state index is 12.7. The summed E-state index contributed by atoms with van der Waals surface area (Å²) in [4.78, 5) is 37.6. The van der Waals surface area contributed by atoms with Gasteiger partial charge in [0, 0.05) is 23.1 Å². The quantitative estimate of drug-likeness (QED) is 0.771. The molecule has 5 nitrogen and oxygen atoms in total. The minimum atomic E-state index is -1.19. The van der Waals surface area contributed by atoms with Gasteiger partial charge in [-0.25, -0.2) is 4.90 Å². The van der Waals surface area contributed by atoms with Crippen molar-refractivity contribution in [2.24, 2.45) is 5.92 Å². The molecule has 1 saturated heterocycles. The number of para-hydroxylation sites is 1. The molecule has 3 rings (SSSR count). The van der Waals surface area contributed by atoms with Crippen LogP contribution in [0.1, 0.15) is 13.3 Å². The van der Waals surface area contributed by atoms with Gasteiger partial charge < -0.3 is 9.90 Å². The summed E-state index contributed by atoms with van der Waals surface area (Å²) in [6.07, 6.45) is 6.77. The summed E-state index contributed by atoms with van der Waals surface area (Å²) >= 11 is 1.21. The SMILES string of the molecule is CC1(SC2CC(=O)N(c3ccccc3)C2=O)C=CC=CC1C(=O)[O-]. The Hall–Kier alpha value is -2.34. The van der Waals surface area contributed by atoms with Crippen LogP contribution in [0.2, 0.25) is 0 Å². The van der Waals surface area contributed by atoms with Gasteiger partial charge in [-0.15, -0.1) is 11.8 Å². The summed E-state index contributed by atoms with van der Waals surface area (Å²) in [5, 5.41) is 10.8. The standard InChI is InChI=1S/C18H17NO4S/c1-18(10-6-5-9-13(18)17(22)23)24-14-11-15(20)19(16(14)21)12-7-3-2-4-8-12/h2-10,13-14H,11H2,1H3,(H,22,23)/p-1. The average Bonchev–Trinajstić information content (AvgIpc) is 2.81. The fourth-order valence-electron chi connectivity index (χ4n) is 2.99. The van der Waals surface area contributed by atoms with Gasteiger partial charge in [-0.05, 0) is 19.1 Å². The second kappa shape index (κ2) is 6.28. The Bertz CT molecular complexity index is 743. The lowest BCUT2D eigenvalue weighted by Crippen LogP contribution is -2.44. The lowest BCUT2D eigenvalue weighted by molar-refractivity contribution is -0.310. The van der Waals surface area contributed by atoms with E-state index in [4.69, 9.17) is 0 Å². The van der Waals surface area contributed by atoms with Gasteiger partial charge in [-0.3, -0.25) is 9.59 Å². The van der Waals surface area contributed by atoms with Crippen molar-refractivity contribution in [2.45, 2.75) is 23.3 Å². The van der Waals surface area contributed by atoms with Crippen molar-refractivity contribution in [3.05, 3.63) is 54.6 Å². The second-order valence-electron chi connectivity index (χ2n) is 5.94. The Morgan fingerprint density at radius 2 is 1.96 bits per heavy atom. The predicted molar refractivity (Wildman–Crippen MR) is 90.1 cm³/mol. The average molecular weight is 342 g/mol. The highest BCUT2D eigenvalue weighted by molar-refractivity contribution is 8.02. The van der Waals surface area contributed by atoms with Gasteiger partial charge in [0.05, 0.1) is 10.9 Å². The number of carbonyl (C=O) groups excluding carboxylic acids is 3. The lowest BCUT2D eigenvalue weighted by Gasteiger charge is -2.36. The summed E-state index contributed by atoms with van der Waals surface area (Å²) in [5.74, 6) is -2.62. The molecule has 1 fully saturated rings. The third-order valence-electron chi connectivity index (χ3n) is 4.23. The number of amides is 2. The van der Waals surface area contributed by atoms with E-state index in [9.17, 15) is 19.5 Å². The minimum absolute atomic E-state index is 0.0608. The highest BCUT2D eigenvalue weighted by atomic mass is 32.2. The molecule has 0 radical (unpaired) electrons. The van der Waals surface area contributed by atoms with E-state index in [1.54, 1.807) is 55.5 Å². The fourth-order valence-corrected chi connectivity index (χ4v) is 4.52. The molecule has 0 bridgehead atoms. The molecule has 1 heterocycles. The van der Waals surface area contributed by atoms with E-state index >= 15 is 0 Å². The number of carboxylic acids is 1. The molecule has 6 heteroatoms. The van der Waals surface area contributed by atoms with Gasteiger partial charge >= 0.3 is 0 Å². The van der Waals surface area contributed by atoms with Gasteiger partial charge in [0.2, 0.25) is 11.8 Å². The summed E-state index contributed by atoms with van der Waals surface area (Å²) in [6, 6.07) is 8.75. The molecule has 1 aromatic carbocycles. The van der Waals surface area contributed by atoms with E-state index in [1.165, 1.54) is 16.7 Å². The number of rotatable bonds is 4. The molecule has 1 aliphatic carbocycles. The third-order valence-corrected chi connectivity index (χ3v) is 5.78. The topological polar surface area (TPSA) is 77.5 Å². The molecular formula is C18H16NO4S-. The highest BCUT2D eigenvalue weighted by Crippen LogP contribution is 2.43. The van der Waals surface area contributed by atoms with Crippen LogP contribution in [0.15, 0.2) is 54.6 Å². The summed E-state index contributed by atoms with van der Waals surface area (Å²) in [7, 11) is 0. The van der Waals surface area contributed by atoms with Crippen LogP contribution in [-0.2, 0) is 14.4 Å². The van der Waals surface area contributed by atoms with E-state index in [1.807, 2.05) is 6.07 Å². The summed E-state index contributed by atoms with van der Waals surface area (Å²) < 4.78 is -0.832. The predicted octanol–water partition coefficient (Wildman–Crippen LogP) is 1.30. The zero-order chi connectivity index (χ0) is 17.3. The van der Waals surface area contributed by atoms with Crippen LogP contribution in [0, 0.1) is 5.92 Å². The van der Waals surface area contributed by atoms with Gasteiger partial charge in [-0.1, -0.05) is 42.5 Å². The van der Waals surface area contributed by atoms with Gasteiger partial charge in [0.25, 0.3) is 0 Å². The molecule has 1 aromatic rings. The minimum Gasteiger partial charge on any atom is -0.549 e. The van der Waals surface area contributed by atoms with Crippen LogP contribution in [-0.4, -0.2) is 27.8 Å². The second-order valence-corrected chi connectivity index (χ2v) is 7.62. The summed E-state index contributed by atoms with van der Waals surface area (Å²) in [5.41, 5.74) is 0.538. The molecule has 0 saturated carbocycles. The van der Waals surface area contributed by atoms with Crippen LogP contribution in [0.4, 0.5) is 5.69 Å². The molecule has 124 valence electrons. The maximum Gasteiger partial charge on any atom is 0.247 e. The van der Waals surface area contributed by atoms with Crippen molar-refractivity contribution in [1.82, 2.24) is 0 Å². The number of allylic oxidation sites excluding steroid dienone is 2. The fraction of sp³-hybridized carbons (Fsp3) is 0.278.